The van der Waals surface area contributed by atoms with E-state index in [1.54, 1.807) is 0 Å². The predicted octanol–water partition coefficient (Wildman–Crippen LogP) is 2.30. The molecule has 0 amide bonds. The second kappa shape index (κ2) is 3.97. The van der Waals surface area contributed by atoms with E-state index in [1.165, 1.54) is 0 Å². The summed E-state index contributed by atoms with van der Waals surface area (Å²) in [7, 11) is -2.20. The summed E-state index contributed by atoms with van der Waals surface area (Å²) in [6.45, 7) is 3.91. The van der Waals surface area contributed by atoms with Gasteiger partial charge in [-0.15, -0.1) is 0 Å². The first-order chi connectivity index (χ1) is 6.14. The number of para-hydroxylation sites is 1. The number of rotatable bonds is 3. The van der Waals surface area contributed by atoms with Crippen LogP contribution in [0.15, 0.2) is 24.3 Å². The van der Waals surface area contributed by atoms with E-state index < -0.39 is 7.14 Å². The summed E-state index contributed by atoms with van der Waals surface area (Å²) >= 11 is 0. The molecule has 1 rings (SSSR count). The molecule has 0 heterocycles. The molecule has 0 radical (unpaired) electrons. The molecule has 3 heteroatoms. The van der Waals surface area contributed by atoms with Crippen molar-refractivity contribution in [1.29, 1.82) is 0 Å². The van der Waals surface area contributed by atoms with Crippen molar-refractivity contribution in [2.24, 2.45) is 0 Å². The summed E-state index contributed by atoms with van der Waals surface area (Å²) in [6.07, 6.45) is 1.38. The Kier molecular flexibility index (Phi) is 3.16. The Hall–Kier alpha value is -0.750. The number of hydrogen-bond acceptors (Lipinski definition) is 2. The molecule has 1 aromatic carbocycles. The molecule has 0 atom stereocenters. The van der Waals surface area contributed by atoms with E-state index >= 15 is 0 Å². The first kappa shape index (κ1) is 10.3. The Balaban J connectivity index is 3.20. The largest absolute Gasteiger partial charge is 0.398 e. The van der Waals surface area contributed by atoms with Gasteiger partial charge in [0.05, 0.1) is 0 Å². The smallest absolute Gasteiger partial charge is 0.117 e. The van der Waals surface area contributed by atoms with Crippen LogP contribution in [0.5, 0.6) is 0 Å². The van der Waals surface area contributed by atoms with E-state index in [-0.39, 0.29) is 0 Å². The number of hydrogen-bond donors (Lipinski definition) is 1. The fourth-order valence-electron chi connectivity index (χ4n) is 1.42. The van der Waals surface area contributed by atoms with Crippen molar-refractivity contribution in [3.8, 4) is 0 Å². The average molecular weight is 197 g/mol. The van der Waals surface area contributed by atoms with Gasteiger partial charge in [-0.25, -0.2) is 0 Å². The minimum absolute atomic E-state index is 0.662. The van der Waals surface area contributed by atoms with Crippen molar-refractivity contribution < 1.29 is 4.57 Å². The quantitative estimate of drug-likeness (QED) is 0.596. The summed E-state index contributed by atoms with van der Waals surface area (Å²) in [5, 5.41) is 0.847. The van der Waals surface area contributed by atoms with Crippen LogP contribution in [0.25, 0.3) is 0 Å². The first-order valence-electron chi connectivity index (χ1n) is 4.57. The van der Waals surface area contributed by atoms with Crippen molar-refractivity contribution in [3.05, 3.63) is 24.3 Å². The molecule has 13 heavy (non-hydrogen) atoms. The van der Waals surface area contributed by atoms with Crippen LogP contribution in [-0.2, 0) is 4.57 Å². The zero-order chi connectivity index (χ0) is 9.90. The third-order valence-electron chi connectivity index (χ3n) is 2.40. The molecule has 2 N–H and O–H groups in total. The number of anilines is 1. The van der Waals surface area contributed by atoms with Gasteiger partial charge < -0.3 is 10.3 Å². The van der Waals surface area contributed by atoms with Crippen LogP contribution in [0.2, 0.25) is 0 Å². The monoisotopic (exact) mass is 197 g/mol. The van der Waals surface area contributed by atoms with Crippen molar-refractivity contribution in [1.82, 2.24) is 0 Å². The van der Waals surface area contributed by atoms with Crippen LogP contribution in [0.1, 0.15) is 13.8 Å². The number of benzene rings is 1. The van der Waals surface area contributed by atoms with Gasteiger partial charge in [0, 0.05) is 23.3 Å². The maximum atomic E-state index is 12.3. The van der Waals surface area contributed by atoms with Gasteiger partial charge in [0.1, 0.15) is 7.14 Å². The van der Waals surface area contributed by atoms with Crippen LogP contribution < -0.4 is 11.0 Å². The molecule has 72 valence electrons. The Labute approximate surface area is 79.5 Å². The number of nitrogens with two attached hydrogens (primary N) is 1. The Morgan fingerprint density at radius 2 is 1.77 bits per heavy atom. The zero-order valence-corrected chi connectivity index (χ0v) is 9.05. The maximum Gasteiger partial charge on any atom is 0.117 e. The molecule has 0 bridgehead atoms. The van der Waals surface area contributed by atoms with Crippen LogP contribution >= 0.6 is 7.14 Å². The highest BCUT2D eigenvalue weighted by atomic mass is 31.2. The van der Waals surface area contributed by atoms with Crippen molar-refractivity contribution in [2.45, 2.75) is 13.8 Å². The van der Waals surface area contributed by atoms with E-state index in [0.29, 0.717) is 18.0 Å². The first-order valence-corrected chi connectivity index (χ1v) is 6.65. The van der Waals surface area contributed by atoms with Crippen molar-refractivity contribution in [2.75, 3.05) is 18.1 Å². The molecule has 0 saturated heterocycles. The summed E-state index contributed by atoms with van der Waals surface area (Å²) < 4.78 is 12.3. The summed E-state index contributed by atoms with van der Waals surface area (Å²) in [5.74, 6) is 0. The topological polar surface area (TPSA) is 43.1 Å². The number of nitrogen functional groups attached to an aromatic ring is 1. The van der Waals surface area contributed by atoms with Gasteiger partial charge in [0.2, 0.25) is 0 Å². The predicted molar refractivity (Wildman–Crippen MR) is 59.2 cm³/mol. The molecule has 0 spiro atoms. The van der Waals surface area contributed by atoms with Crippen LogP contribution in [0.4, 0.5) is 5.69 Å². The van der Waals surface area contributed by atoms with E-state index in [4.69, 9.17) is 5.73 Å². The molecule has 0 aliphatic rings. The molecule has 0 aliphatic carbocycles. The van der Waals surface area contributed by atoms with Crippen LogP contribution in [0.3, 0.4) is 0 Å². The molecule has 1 aromatic rings. The Bertz CT molecular complexity index is 327. The molecule has 2 nitrogen and oxygen atoms in total. The van der Waals surface area contributed by atoms with Gasteiger partial charge in [-0.2, -0.15) is 0 Å². The van der Waals surface area contributed by atoms with Gasteiger partial charge in [0.25, 0.3) is 0 Å². The van der Waals surface area contributed by atoms with Gasteiger partial charge >= 0.3 is 0 Å². The van der Waals surface area contributed by atoms with E-state index in [9.17, 15) is 4.57 Å². The molecular formula is C10H16NOP. The highest BCUT2D eigenvalue weighted by Crippen LogP contribution is 2.44. The maximum absolute atomic E-state index is 12.3. The van der Waals surface area contributed by atoms with E-state index in [0.717, 1.165) is 5.30 Å². The zero-order valence-electron chi connectivity index (χ0n) is 8.16. The average Bonchev–Trinajstić information content (AvgIpc) is 2.17. The summed E-state index contributed by atoms with van der Waals surface area (Å²) in [6, 6.07) is 7.45. The summed E-state index contributed by atoms with van der Waals surface area (Å²) in [5.41, 5.74) is 6.45. The molecule has 0 aromatic heterocycles. The minimum Gasteiger partial charge on any atom is -0.398 e. The normalized spacial score (nSPS) is 11.5. The fraction of sp³-hybridized carbons (Fsp3) is 0.400. The van der Waals surface area contributed by atoms with Gasteiger partial charge in [0.15, 0.2) is 0 Å². The van der Waals surface area contributed by atoms with Crippen molar-refractivity contribution in [3.63, 3.8) is 0 Å². The van der Waals surface area contributed by atoms with Gasteiger partial charge in [-0.05, 0) is 12.1 Å². The highest BCUT2D eigenvalue weighted by molar-refractivity contribution is 7.71. The third-order valence-corrected chi connectivity index (χ3v) is 5.73. The SMILES string of the molecule is CCP(=O)(CC)c1ccccc1N. The highest BCUT2D eigenvalue weighted by Gasteiger charge is 2.21. The molecular weight excluding hydrogens is 181 g/mol. The fourth-order valence-corrected chi connectivity index (χ4v) is 3.45. The molecule has 0 fully saturated rings. The third kappa shape index (κ3) is 1.94. The van der Waals surface area contributed by atoms with E-state index in [1.807, 2.05) is 38.1 Å². The lowest BCUT2D eigenvalue weighted by Crippen LogP contribution is -2.13. The minimum atomic E-state index is -2.20. The van der Waals surface area contributed by atoms with Gasteiger partial charge in [-0.1, -0.05) is 26.0 Å². The van der Waals surface area contributed by atoms with Gasteiger partial charge in [-0.3, -0.25) is 0 Å². The summed E-state index contributed by atoms with van der Waals surface area (Å²) in [4.78, 5) is 0. The lowest BCUT2D eigenvalue weighted by molar-refractivity contribution is 0.582. The second-order valence-electron chi connectivity index (χ2n) is 3.08. The van der Waals surface area contributed by atoms with Crippen LogP contribution in [0, 0.1) is 0 Å². The standard InChI is InChI=1S/C10H16NOP/c1-3-13(12,4-2)10-8-6-5-7-9(10)11/h5-8H,3-4,11H2,1-2H3. The second-order valence-corrected chi connectivity index (χ2v) is 6.61. The lowest BCUT2D eigenvalue weighted by Gasteiger charge is -2.16. The van der Waals surface area contributed by atoms with Crippen LogP contribution in [-0.4, -0.2) is 12.3 Å². The molecule has 0 unspecified atom stereocenters. The Morgan fingerprint density at radius 1 is 1.23 bits per heavy atom. The lowest BCUT2D eigenvalue weighted by atomic mass is 10.3. The van der Waals surface area contributed by atoms with E-state index in [2.05, 4.69) is 0 Å². The Morgan fingerprint density at radius 3 is 2.23 bits per heavy atom. The molecule has 0 aliphatic heterocycles. The van der Waals surface area contributed by atoms with Crippen molar-refractivity contribution >= 4 is 18.1 Å². The molecule has 0 saturated carbocycles.